The number of ketones is 1. The summed E-state index contributed by atoms with van der Waals surface area (Å²) in [6.07, 6.45) is 10.3. The van der Waals surface area contributed by atoms with Crippen LogP contribution in [-0.2, 0) is 35.1 Å². The fourth-order valence-corrected chi connectivity index (χ4v) is 8.95. The molecule has 3 N–H and O–H groups in total. The number of benzene rings is 1. The van der Waals surface area contributed by atoms with Gasteiger partial charge < -0.3 is 34.8 Å². The minimum absolute atomic E-state index is 0.0108. The molecular formula is C40H57N3O7. The highest BCUT2D eigenvalue weighted by Crippen LogP contribution is 2.52. The molecule has 5 unspecified atom stereocenters. The van der Waals surface area contributed by atoms with Gasteiger partial charge in [0.15, 0.2) is 6.29 Å². The summed E-state index contributed by atoms with van der Waals surface area (Å²) in [7, 11) is 3.91. The second-order valence-electron chi connectivity index (χ2n) is 15.5. The number of likely N-dealkylation sites (N-methyl/N-ethyl adjacent to an activating group) is 1. The number of nitrogen functional groups attached to an aromatic ring is 1. The van der Waals surface area contributed by atoms with Gasteiger partial charge in [0.25, 0.3) is 0 Å². The van der Waals surface area contributed by atoms with Gasteiger partial charge in [0.1, 0.15) is 24.6 Å². The summed E-state index contributed by atoms with van der Waals surface area (Å²) < 4.78 is 18.8. The van der Waals surface area contributed by atoms with Crippen molar-refractivity contribution in [3.8, 4) is 0 Å². The first-order valence-electron chi connectivity index (χ1n) is 18.8. The Balaban J connectivity index is 1.20. The molecule has 1 saturated carbocycles. The van der Waals surface area contributed by atoms with E-state index >= 15 is 0 Å². The predicted octanol–water partition coefficient (Wildman–Crippen LogP) is 5.48. The van der Waals surface area contributed by atoms with Crippen molar-refractivity contribution in [1.82, 2.24) is 4.90 Å². The van der Waals surface area contributed by atoms with Crippen LogP contribution in [0.1, 0.15) is 77.7 Å². The van der Waals surface area contributed by atoms with Gasteiger partial charge in [0.05, 0.1) is 24.3 Å². The maximum absolute atomic E-state index is 14.6. The van der Waals surface area contributed by atoms with Gasteiger partial charge in [-0.3, -0.25) is 9.59 Å². The van der Waals surface area contributed by atoms with Gasteiger partial charge in [-0.25, -0.2) is 0 Å². The Morgan fingerprint density at radius 1 is 1.04 bits per heavy atom. The number of fused-ring (bicyclic) bond motifs is 5. The van der Waals surface area contributed by atoms with Crippen molar-refractivity contribution in [2.24, 2.45) is 40.7 Å². The topological polar surface area (TPSA) is 133 Å². The second kappa shape index (κ2) is 16.1. The lowest BCUT2D eigenvalue weighted by Gasteiger charge is -2.43. The van der Waals surface area contributed by atoms with Gasteiger partial charge in [-0.2, -0.15) is 0 Å². The van der Waals surface area contributed by atoms with Gasteiger partial charge in [0.2, 0.25) is 0 Å². The molecule has 5 aliphatic rings. The summed E-state index contributed by atoms with van der Waals surface area (Å²) >= 11 is 0. The number of ether oxygens (including phenoxy) is 3. The lowest BCUT2D eigenvalue weighted by atomic mass is 9.72. The maximum Gasteiger partial charge on any atom is 0.306 e. The molecule has 0 aromatic heterocycles. The fourth-order valence-electron chi connectivity index (χ4n) is 8.95. The predicted molar refractivity (Wildman–Crippen MR) is 192 cm³/mol. The summed E-state index contributed by atoms with van der Waals surface area (Å²) in [6, 6.07) is 7.70. The Hall–Kier alpha value is -3.05. The first kappa shape index (κ1) is 36.7. The first-order valence-corrected chi connectivity index (χ1v) is 18.8. The number of nitrogens with two attached hydrogens (primary N) is 1. The number of carbonyl (C=O) groups excluding carboxylic acids is 2. The third-order valence-electron chi connectivity index (χ3n) is 11.9. The molecule has 3 aliphatic carbocycles. The molecule has 50 heavy (non-hydrogen) atoms. The third-order valence-corrected chi connectivity index (χ3v) is 11.9. The van der Waals surface area contributed by atoms with Crippen LogP contribution in [0.15, 0.2) is 53.2 Å². The molecule has 6 rings (SSSR count). The van der Waals surface area contributed by atoms with Crippen LogP contribution in [0.4, 0.5) is 5.69 Å². The quantitative estimate of drug-likeness (QED) is 0.120. The number of cyclic esters (lactones) is 1. The number of aliphatic hydroxyl groups excluding tert-OH is 1. The number of aliphatic hydroxyl groups is 1. The molecule has 0 bridgehead atoms. The highest BCUT2D eigenvalue weighted by atomic mass is 16.7. The normalized spacial score (nSPS) is 38.5. The average Bonchev–Trinajstić information content (AvgIpc) is 3.67. The van der Waals surface area contributed by atoms with E-state index in [9.17, 15) is 14.7 Å². The number of hydrogen-bond donors (Lipinski definition) is 2. The van der Waals surface area contributed by atoms with Crippen LogP contribution < -0.4 is 5.73 Å². The molecule has 2 saturated heterocycles. The molecule has 3 fully saturated rings. The monoisotopic (exact) mass is 691 g/mol. The number of rotatable bonds is 8. The second-order valence-corrected chi connectivity index (χ2v) is 15.5. The lowest BCUT2D eigenvalue weighted by Crippen LogP contribution is -2.55. The summed E-state index contributed by atoms with van der Waals surface area (Å²) in [5.74, 6) is -0.751. The molecule has 274 valence electrons. The summed E-state index contributed by atoms with van der Waals surface area (Å²) in [5, 5.41) is 15.8. The highest BCUT2D eigenvalue weighted by Gasteiger charge is 2.50. The SMILES string of the molecule is CC[C@H]1CCC[C@H](OC2OC(C)CC(N(C)C)C2O)[C@@H](C)C(=O)C2C=C3[C@@H](C=C[C@@H]4CC(=NOCCc5ccc(N)cc5)C[C@@H]34)[C@@H]2CC(=O)O1. The van der Waals surface area contributed by atoms with Crippen molar-refractivity contribution in [2.45, 2.75) is 115 Å². The summed E-state index contributed by atoms with van der Waals surface area (Å²) in [6.45, 7) is 6.48. The van der Waals surface area contributed by atoms with Gasteiger partial charge in [-0.1, -0.05) is 54.9 Å². The Kier molecular flexibility index (Phi) is 11.8. The Morgan fingerprint density at radius 2 is 1.82 bits per heavy atom. The molecule has 1 aromatic rings. The zero-order valence-corrected chi connectivity index (χ0v) is 30.4. The molecule has 10 heteroatoms. The largest absolute Gasteiger partial charge is 0.462 e. The van der Waals surface area contributed by atoms with Crippen LogP contribution in [0.25, 0.3) is 0 Å². The van der Waals surface area contributed by atoms with Gasteiger partial charge in [0, 0.05) is 35.9 Å². The van der Waals surface area contributed by atoms with Crippen molar-refractivity contribution in [3.63, 3.8) is 0 Å². The molecular weight excluding hydrogens is 634 g/mol. The van der Waals surface area contributed by atoms with Crippen LogP contribution in [0.5, 0.6) is 0 Å². The van der Waals surface area contributed by atoms with Gasteiger partial charge in [-0.15, -0.1) is 0 Å². The molecule has 0 spiro atoms. The van der Waals surface area contributed by atoms with E-state index in [1.165, 1.54) is 5.57 Å². The summed E-state index contributed by atoms with van der Waals surface area (Å²) in [4.78, 5) is 35.8. The van der Waals surface area contributed by atoms with Crippen molar-refractivity contribution < 1.29 is 33.7 Å². The van der Waals surface area contributed by atoms with Crippen molar-refractivity contribution in [1.29, 1.82) is 0 Å². The standard InChI is InChI=1S/C40H57N3O7/c1-6-29-8-7-9-36(50-40-39(46)35(43(4)5)18-23(2)48-40)24(3)38(45)34-21-32-30(33(34)22-37(44)49-29)15-12-26-19-28(20-31(26)32)42-47-17-16-25-10-13-27(41)14-11-25/h10-15,21,23-24,26,29-31,33-36,39-40,46H,6-9,16-20,22,41H2,1-5H3/t23?,24-,26-,29+,30-,31-,33+,34?,35?,36+,39?,40?/m1/s1. The average molecular weight is 692 g/mol. The molecule has 2 heterocycles. The Labute approximate surface area is 297 Å². The number of Topliss-reactive ketones (excluding diaryl/α,β-unsaturated/α-hetero) is 1. The van der Waals surface area contributed by atoms with E-state index in [1.807, 2.05) is 64.0 Å². The fraction of sp³-hybridized carbons (Fsp3) is 0.675. The van der Waals surface area contributed by atoms with Crippen molar-refractivity contribution in [2.75, 3.05) is 26.4 Å². The molecule has 2 aliphatic heterocycles. The Morgan fingerprint density at radius 3 is 2.56 bits per heavy atom. The van der Waals surface area contributed by atoms with E-state index in [0.717, 1.165) is 49.1 Å². The molecule has 10 nitrogen and oxygen atoms in total. The van der Waals surface area contributed by atoms with E-state index in [1.54, 1.807) is 0 Å². The van der Waals surface area contributed by atoms with E-state index in [4.69, 9.17) is 24.8 Å². The number of oxime groups is 1. The molecule has 0 radical (unpaired) electrons. The van der Waals surface area contributed by atoms with E-state index in [2.05, 4.69) is 23.4 Å². The number of allylic oxidation sites excluding steroid dienone is 4. The van der Waals surface area contributed by atoms with Crippen LogP contribution in [-0.4, -0.2) is 84.9 Å². The minimum Gasteiger partial charge on any atom is -0.462 e. The van der Waals surface area contributed by atoms with Crippen LogP contribution in [0.2, 0.25) is 0 Å². The van der Waals surface area contributed by atoms with Gasteiger partial charge in [-0.05, 0) is 101 Å². The zero-order valence-electron chi connectivity index (χ0n) is 30.4. The number of hydrogen-bond acceptors (Lipinski definition) is 10. The number of nitrogens with zero attached hydrogens (tertiary/aromatic N) is 2. The van der Waals surface area contributed by atoms with Crippen molar-refractivity contribution in [3.05, 3.63) is 53.6 Å². The van der Waals surface area contributed by atoms with Crippen molar-refractivity contribution >= 4 is 23.2 Å². The minimum atomic E-state index is -0.833. The number of esters is 1. The third kappa shape index (κ3) is 8.19. The smallest absolute Gasteiger partial charge is 0.306 e. The maximum atomic E-state index is 14.6. The van der Waals surface area contributed by atoms with E-state index < -0.39 is 30.3 Å². The molecule has 1 aromatic carbocycles. The van der Waals surface area contributed by atoms with Crippen LogP contribution >= 0.6 is 0 Å². The summed E-state index contributed by atoms with van der Waals surface area (Å²) in [5.41, 5.74) is 9.97. The lowest BCUT2D eigenvalue weighted by molar-refractivity contribution is -0.272. The van der Waals surface area contributed by atoms with Crippen LogP contribution in [0, 0.1) is 35.5 Å². The number of carbonyl (C=O) groups is 2. The number of anilines is 1. The Bertz CT molecular complexity index is 1440. The van der Waals surface area contributed by atoms with E-state index in [-0.39, 0.29) is 60.1 Å². The highest BCUT2D eigenvalue weighted by molar-refractivity contribution is 5.89. The van der Waals surface area contributed by atoms with Gasteiger partial charge >= 0.3 is 5.97 Å². The first-order chi connectivity index (χ1) is 24.0. The molecule has 0 amide bonds. The van der Waals surface area contributed by atoms with Crippen LogP contribution in [0.3, 0.4) is 0 Å². The van der Waals surface area contributed by atoms with E-state index in [0.29, 0.717) is 25.9 Å². The molecule has 12 atom stereocenters. The zero-order chi connectivity index (χ0) is 35.5.